The number of nitrogens with one attached hydrogen (secondary N) is 2. The minimum absolute atomic E-state index is 0.0658. The van der Waals surface area contributed by atoms with Crippen LogP contribution < -0.4 is 20.1 Å². The van der Waals surface area contributed by atoms with Crippen molar-refractivity contribution in [1.82, 2.24) is 5.32 Å². The van der Waals surface area contributed by atoms with Gasteiger partial charge in [-0.05, 0) is 49.2 Å². The number of amides is 2. The molecule has 0 unspecified atom stereocenters. The predicted octanol–water partition coefficient (Wildman–Crippen LogP) is 4.27. The minimum Gasteiger partial charge on any atom is -0.491 e. The Morgan fingerprint density at radius 3 is 2.31 bits per heavy atom. The number of anilines is 1. The van der Waals surface area contributed by atoms with Crippen molar-refractivity contribution in [3.63, 3.8) is 0 Å². The number of carbonyl (C=O) groups excluding carboxylic acids is 2. The van der Waals surface area contributed by atoms with Crippen LogP contribution in [-0.2, 0) is 4.79 Å². The second-order valence-electron chi connectivity index (χ2n) is 7.14. The van der Waals surface area contributed by atoms with E-state index < -0.39 is 11.7 Å². The molecule has 0 aliphatic carbocycles. The van der Waals surface area contributed by atoms with Crippen LogP contribution in [0.1, 0.15) is 21.5 Å². The van der Waals surface area contributed by atoms with Crippen molar-refractivity contribution in [1.29, 1.82) is 0 Å². The summed E-state index contributed by atoms with van der Waals surface area (Å²) in [7, 11) is 0. The van der Waals surface area contributed by atoms with Crippen LogP contribution in [0.15, 0.2) is 66.7 Å². The van der Waals surface area contributed by atoms with Crippen LogP contribution >= 0.6 is 0 Å². The van der Waals surface area contributed by atoms with Gasteiger partial charge in [0.05, 0.1) is 17.8 Å². The van der Waals surface area contributed by atoms with Gasteiger partial charge in [-0.2, -0.15) is 0 Å². The lowest BCUT2D eigenvalue weighted by Gasteiger charge is -2.14. The predicted molar refractivity (Wildman–Crippen MR) is 121 cm³/mol. The van der Waals surface area contributed by atoms with Crippen LogP contribution in [0.4, 0.5) is 10.1 Å². The Labute approximate surface area is 186 Å². The maximum absolute atomic E-state index is 13.7. The third-order valence-corrected chi connectivity index (χ3v) is 4.68. The Hall–Kier alpha value is -3.87. The molecule has 0 spiro atoms. The van der Waals surface area contributed by atoms with Gasteiger partial charge in [-0.1, -0.05) is 42.5 Å². The fourth-order valence-corrected chi connectivity index (χ4v) is 3.11. The van der Waals surface area contributed by atoms with Crippen molar-refractivity contribution in [2.75, 3.05) is 25.1 Å². The van der Waals surface area contributed by atoms with Crippen molar-refractivity contribution in [3.8, 4) is 11.5 Å². The van der Waals surface area contributed by atoms with E-state index in [1.807, 2.05) is 32.0 Å². The fraction of sp³-hybridized carbons (Fsp3) is 0.200. The van der Waals surface area contributed by atoms with E-state index >= 15 is 0 Å². The first-order valence-electron chi connectivity index (χ1n) is 10.2. The fourth-order valence-electron chi connectivity index (χ4n) is 3.11. The molecule has 0 radical (unpaired) electrons. The first-order valence-corrected chi connectivity index (χ1v) is 10.2. The number of para-hydroxylation sites is 3. The van der Waals surface area contributed by atoms with Gasteiger partial charge in [-0.15, -0.1) is 0 Å². The molecule has 2 amide bonds. The monoisotopic (exact) mass is 436 g/mol. The summed E-state index contributed by atoms with van der Waals surface area (Å²) in [5.41, 5.74) is 2.42. The molecule has 0 aliphatic heterocycles. The summed E-state index contributed by atoms with van der Waals surface area (Å²) in [6.45, 7) is 4.18. The lowest BCUT2D eigenvalue weighted by atomic mass is 10.1. The molecular weight excluding hydrogens is 411 g/mol. The van der Waals surface area contributed by atoms with Gasteiger partial charge in [0.15, 0.2) is 6.61 Å². The lowest BCUT2D eigenvalue weighted by molar-refractivity contribution is -0.118. The Bertz CT molecular complexity index is 1080. The Morgan fingerprint density at radius 1 is 0.875 bits per heavy atom. The second-order valence-corrected chi connectivity index (χ2v) is 7.14. The summed E-state index contributed by atoms with van der Waals surface area (Å²) in [6.07, 6.45) is 0. The third-order valence-electron chi connectivity index (χ3n) is 4.68. The van der Waals surface area contributed by atoms with Crippen LogP contribution in [0.5, 0.6) is 11.5 Å². The van der Waals surface area contributed by atoms with Crippen LogP contribution in [-0.4, -0.2) is 31.6 Å². The number of aryl methyl sites for hydroxylation is 2. The van der Waals surface area contributed by atoms with Crippen molar-refractivity contribution < 1.29 is 23.5 Å². The molecule has 6 nitrogen and oxygen atoms in total. The molecule has 0 aliphatic rings. The maximum atomic E-state index is 13.7. The lowest BCUT2D eigenvalue weighted by Crippen LogP contribution is -2.29. The number of hydrogen-bond acceptors (Lipinski definition) is 4. The third kappa shape index (κ3) is 6.07. The topological polar surface area (TPSA) is 76.7 Å². The van der Waals surface area contributed by atoms with Gasteiger partial charge in [-0.3, -0.25) is 9.59 Å². The zero-order valence-corrected chi connectivity index (χ0v) is 18.0. The van der Waals surface area contributed by atoms with Crippen molar-refractivity contribution >= 4 is 17.5 Å². The first-order chi connectivity index (χ1) is 15.5. The van der Waals surface area contributed by atoms with E-state index in [4.69, 9.17) is 9.47 Å². The van der Waals surface area contributed by atoms with Gasteiger partial charge in [0, 0.05) is 0 Å². The molecule has 166 valence electrons. The molecule has 0 saturated carbocycles. The number of ether oxygens (including phenoxy) is 2. The van der Waals surface area contributed by atoms with E-state index in [9.17, 15) is 14.0 Å². The standard InChI is InChI=1S/C25H25FN2O4/c1-17-8-7-9-18(2)24(17)31-15-14-27-25(30)19-10-3-6-13-22(19)32-16-23(29)28-21-12-5-4-11-20(21)26/h3-13H,14-16H2,1-2H3,(H,27,30)(H,28,29). The normalized spacial score (nSPS) is 10.3. The summed E-state index contributed by atoms with van der Waals surface area (Å²) in [5.74, 6) is -0.355. The minimum atomic E-state index is -0.538. The molecule has 32 heavy (non-hydrogen) atoms. The molecule has 2 N–H and O–H groups in total. The molecule has 3 aromatic carbocycles. The van der Waals surface area contributed by atoms with Crippen LogP contribution in [0.2, 0.25) is 0 Å². The molecule has 0 heterocycles. The average Bonchev–Trinajstić information content (AvgIpc) is 2.78. The highest BCUT2D eigenvalue weighted by molar-refractivity contribution is 5.97. The van der Waals surface area contributed by atoms with Gasteiger partial charge in [-0.25, -0.2) is 4.39 Å². The molecular formula is C25H25FN2O4. The van der Waals surface area contributed by atoms with Crippen molar-refractivity contribution in [2.24, 2.45) is 0 Å². The molecule has 0 aromatic heterocycles. The Morgan fingerprint density at radius 2 is 1.56 bits per heavy atom. The molecule has 0 saturated heterocycles. The van der Waals surface area contributed by atoms with E-state index in [0.29, 0.717) is 18.7 Å². The van der Waals surface area contributed by atoms with E-state index in [1.54, 1.807) is 30.3 Å². The Balaban J connectivity index is 1.52. The van der Waals surface area contributed by atoms with Gasteiger partial charge in [0.25, 0.3) is 11.8 Å². The first kappa shape index (κ1) is 22.8. The number of rotatable bonds is 9. The van der Waals surface area contributed by atoms with E-state index in [2.05, 4.69) is 10.6 Å². The molecule has 0 fully saturated rings. The van der Waals surface area contributed by atoms with Gasteiger partial charge in [0.2, 0.25) is 0 Å². The van der Waals surface area contributed by atoms with Gasteiger partial charge in [0.1, 0.15) is 23.9 Å². The molecule has 0 bridgehead atoms. The zero-order chi connectivity index (χ0) is 22.9. The highest BCUT2D eigenvalue weighted by Crippen LogP contribution is 2.22. The van der Waals surface area contributed by atoms with Gasteiger partial charge >= 0.3 is 0 Å². The summed E-state index contributed by atoms with van der Waals surface area (Å²) in [4.78, 5) is 24.7. The second kappa shape index (κ2) is 10.9. The number of carbonyl (C=O) groups is 2. The average molecular weight is 436 g/mol. The zero-order valence-electron chi connectivity index (χ0n) is 18.0. The van der Waals surface area contributed by atoms with E-state index in [0.717, 1.165) is 16.9 Å². The van der Waals surface area contributed by atoms with Crippen LogP contribution in [0, 0.1) is 19.7 Å². The smallest absolute Gasteiger partial charge is 0.262 e. The van der Waals surface area contributed by atoms with Crippen LogP contribution in [0.3, 0.4) is 0 Å². The van der Waals surface area contributed by atoms with E-state index in [-0.39, 0.29) is 24.0 Å². The van der Waals surface area contributed by atoms with Crippen molar-refractivity contribution in [2.45, 2.75) is 13.8 Å². The largest absolute Gasteiger partial charge is 0.491 e. The van der Waals surface area contributed by atoms with Crippen molar-refractivity contribution in [3.05, 3.63) is 89.2 Å². The molecule has 3 rings (SSSR count). The number of halogens is 1. The maximum Gasteiger partial charge on any atom is 0.262 e. The summed E-state index contributed by atoms with van der Waals surface area (Å²) >= 11 is 0. The summed E-state index contributed by atoms with van der Waals surface area (Å²) in [6, 6.07) is 18.4. The molecule has 3 aromatic rings. The SMILES string of the molecule is Cc1cccc(C)c1OCCNC(=O)c1ccccc1OCC(=O)Nc1ccccc1F. The summed E-state index contributed by atoms with van der Waals surface area (Å²) < 4.78 is 25.0. The number of benzene rings is 3. The van der Waals surface area contributed by atoms with Gasteiger partial charge < -0.3 is 20.1 Å². The van der Waals surface area contributed by atoms with E-state index in [1.165, 1.54) is 18.2 Å². The Kier molecular flexibility index (Phi) is 7.80. The summed E-state index contributed by atoms with van der Waals surface area (Å²) in [5, 5.41) is 5.23. The highest BCUT2D eigenvalue weighted by atomic mass is 19.1. The molecule has 0 atom stereocenters. The van der Waals surface area contributed by atoms with Crippen LogP contribution in [0.25, 0.3) is 0 Å². The highest BCUT2D eigenvalue weighted by Gasteiger charge is 2.14. The molecule has 7 heteroatoms. The number of hydrogen-bond donors (Lipinski definition) is 2. The quantitative estimate of drug-likeness (QED) is 0.491.